The first kappa shape index (κ1) is 22.3. The number of hydrogen-bond donors (Lipinski definition) is 0. The monoisotopic (exact) mass is 444 g/mol. The average Bonchev–Trinajstić information content (AvgIpc) is 2.80. The number of hydrogen-bond acceptors (Lipinski definition) is 5. The molecule has 6 nitrogen and oxygen atoms in total. The van der Waals surface area contributed by atoms with Crippen LogP contribution in [0, 0.1) is 0 Å². The SMILES string of the molecule is CC(c1ccc(OCCN2CCOCC2)cc1)N1CCCC(c2ccccc2)S1(=O)=O. The molecule has 0 saturated carbocycles. The van der Waals surface area contributed by atoms with E-state index in [1.54, 1.807) is 4.31 Å². The molecule has 2 fully saturated rings. The van der Waals surface area contributed by atoms with Crippen LogP contribution in [0.4, 0.5) is 0 Å². The molecular weight excluding hydrogens is 412 g/mol. The van der Waals surface area contributed by atoms with Crippen molar-refractivity contribution in [3.63, 3.8) is 0 Å². The molecule has 31 heavy (non-hydrogen) atoms. The summed E-state index contributed by atoms with van der Waals surface area (Å²) >= 11 is 0. The quantitative estimate of drug-likeness (QED) is 0.653. The van der Waals surface area contributed by atoms with Crippen molar-refractivity contribution in [2.24, 2.45) is 0 Å². The number of ether oxygens (including phenoxy) is 2. The molecule has 0 radical (unpaired) electrons. The standard InChI is InChI=1S/C24H32N2O4S/c1-20(26-13-5-8-24(31(26,27)28)22-6-3-2-4-7-22)21-9-11-23(12-10-21)30-19-16-25-14-17-29-18-15-25/h2-4,6-7,9-12,20,24H,5,8,13-19H2,1H3. The molecule has 2 saturated heterocycles. The Balaban J connectivity index is 1.38. The molecule has 0 N–H and O–H groups in total. The Bertz CT molecular complexity index is 928. The van der Waals surface area contributed by atoms with Crippen molar-refractivity contribution < 1.29 is 17.9 Å². The van der Waals surface area contributed by atoms with Gasteiger partial charge in [-0.05, 0) is 43.0 Å². The fourth-order valence-electron chi connectivity index (χ4n) is 4.42. The summed E-state index contributed by atoms with van der Waals surface area (Å²) in [4.78, 5) is 2.34. The van der Waals surface area contributed by atoms with Gasteiger partial charge in [0.1, 0.15) is 17.6 Å². The number of nitrogens with zero attached hydrogens (tertiary/aromatic N) is 2. The van der Waals surface area contributed by atoms with Gasteiger partial charge in [-0.25, -0.2) is 8.42 Å². The van der Waals surface area contributed by atoms with Crippen LogP contribution < -0.4 is 4.74 Å². The highest BCUT2D eigenvalue weighted by Crippen LogP contribution is 2.38. The molecule has 2 aliphatic rings. The van der Waals surface area contributed by atoms with Crippen LogP contribution in [-0.2, 0) is 14.8 Å². The van der Waals surface area contributed by atoms with Crippen LogP contribution in [-0.4, -0.2) is 63.6 Å². The fraction of sp³-hybridized carbons (Fsp3) is 0.500. The Morgan fingerprint density at radius 3 is 2.45 bits per heavy atom. The van der Waals surface area contributed by atoms with Gasteiger partial charge in [-0.3, -0.25) is 4.90 Å². The van der Waals surface area contributed by atoms with Gasteiger partial charge in [0, 0.05) is 32.2 Å². The molecule has 0 amide bonds. The van der Waals surface area contributed by atoms with Crippen molar-refractivity contribution in [1.29, 1.82) is 0 Å². The lowest BCUT2D eigenvalue weighted by atomic mass is 10.1. The summed E-state index contributed by atoms with van der Waals surface area (Å²) in [6, 6.07) is 17.2. The largest absolute Gasteiger partial charge is 0.492 e. The molecule has 2 aromatic carbocycles. The van der Waals surface area contributed by atoms with Crippen LogP contribution in [0.15, 0.2) is 54.6 Å². The molecule has 2 heterocycles. The molecule has 0 aromatic heterocycles. The Hall–Kier alpha value is -1.93. The van der Waals surface area contributed by atoms with Crippen LogP contribution in [0.25, 0.3) is 0 Å². The van der Waals surface area contributed by atoms with E-state index in [9.17, 15) is 8.42 Å². The molecular formula is C24H32N2O4S. The summed E-state index contributed by atoms with van der Waals surface area (Å²) in [6.45, 7) is 7.53. The summed E-state index contributed by atoms with van der Waals surface area (Å²) in [7, 11) is -3.42. The molecule has 0 bridgehead atoms. The molecule has 2 unspecified atom stereocenters. The lowest BCUT2D eigenvalue weighted by molar-refractivity contribution is 0.0322. The number of benzene rings is 2. The van der Waals surface area contributed by atoms with Gasteiger partial charge in [0.2, 0.25) is 10.0 Å². The second-order valence-electron chi connectivity index (χ2n) is 8.24. The van der Waals surface area contributed by atoms with Gasteiger partial charge < -0.3 is 9.47 Å². The van der Waals surface area contributed by atoms with Crippen molar-refractivity contribution in [1.82, 2.24) is 9.21 Å². The minimum absolute atomic E-state index is 0.209. The molecule has 0 spiro atoms. The number of sulfonamides is 1. The highest BCUT2D eigenvalue weighted by molar-refractivity contribution is 7.89. The lowest BCUT2D eigenvalue weighted by Gasteiger charge is -2.36. The maximum atomic E-state index is 13.4. The Morgan fingerprint density at radius 1 is 1.03 bits per heavy atom. The van der Waals surface area contributed by atoms with Crippen molar-refractivity contribution >= 4 is 10.0 Å². The fourth-order valence-corrected chi connectivity index (χ4v) is 6.66. The van der Waals surface area contributed by atoms with E-state index < -0.39 is 15.3 Å². The zero-order chi connectivity index (χ0) is 21.7. The van der Waals surface area contributed by atoms with E-state index in [1.165, 1.54) is 0 Å². The molecule has 4 rings (SSSR count). The minimum atomic E-state index is -3.42. The first-order chi connectivity index (χ1) is 15.1. The predicted octanol–water partition coefficient (Wildman–Crippen LogP) is 3.63. The van der Waals surface area contributed by atoms with Crippen LogP contribution >= 0.6 is 0 Å². The highest BCUT2D eigenvalue weighted by Gasteiger charge is 2.39. The topological polar surface area (TPSA) is 59.1 Å². The van der Waals surface area contributed by atoms with Gasteiger partial charge >= 0.3 is 0 Å². The summed E-state index contributed by atoms with van der Waals surface area (Å²) in [5, 5.41) is -0.465. The molecule has 7 heteroatoms. The lowest BCUT2D eigenvalue weighted by Crippen LogP contribution is -2.41. The highest BCUT2D eigenvalue weighted by atomic mass is 32.2. The third-order valence-electron chi connectivity index (χ3n) is 6.28. The van der Waals surface area contributed by atoms with Crippen LogP contribution in [0.3, 0.4) is 0 Å². The van der Waals surface area contributed by atoms with Crippen LogP contribution in [0.2, 0.25) is 0 Å². The summed E-state index contributed by atoms with van der Waals surface area (Å²) in [5.41, 5.74) is 1.86. The van der Waals surface area contributed by atoms with Gasteiger partial charge in [0.25, 0.3) is 0 Å². The van der Waals surface area contributed by atoms with Gasteiger partial charge in [-0.15, -0.1) is 0 Å². The van der Waals surface area contributed by atoms with E-state index >= 15 is 0 Å². The van der Waals surface area contributed by atoms with E-state index in [2.05, 4.69) is 4.90 Å². The summed E-state index contributed by atoms with van der Waals surface area (Å²) < 4.78 is 39.7. The van der Waals surface area contributed by atoms with Gasteiger partial charge in [-0.1, -0.05) is 42.5 Å². The first-order valence-electron chi connectivity index (χ1n) is 11.1. The Morgan fingerprint density at radius 2 is 1.74 bits per heavy atom. The van der Waals surface area contributed by atoms with E-state index in [-0.39, 0.29) is 6.04 Å². The van der Waals surface area contributed by atoms with Crippen molar-refractivity contribution in [2.75, 3.05) is 46.0 Å². The van der Waals surface area contributed by atoms with Crippen molar-refractivity contribution in [2.45, 2.75) is 31.1 Å². The van der Waals surface area contributed by atoms with Crippen LogP contribution in [0.1, 0.15) is 42.2 Å². The molecule has 168 valence electrons. The van der Waals surface area contributed by atoms with E-state index in [1.807, 2.05) is 61.5 Å². The third kappa shape index (κ3) is 5.29. The molecule has 2 atom stereocenters. The van der Waals surface area contributed by atoms with E-state index in [0.717, 1.165) is 56.1 Å². The second-order valence-corrected chi connectivity index (χ2v) is 10.3. The predicted molar refractivity (Wildman–Crippen MR) is 122 cm³/mol. The smallest absolute Gasteiger partial charge is 0.221 e. The van der Waals surface area contributed by atoms with Gasteiger partial charge in [-0.2, -0.15) is 4.31 Å². The second kappa shape index (κ2) is 10.1. The van der Waals surface area contributed by atoms with Crippen molar-refractivity contribution in [3.05, 3.63) is 65.7 Å². The van der Waals surface area contributed by atoms with E-state index in [0.29, 0.717) is 19.6 Å². The number of rotatable bonds is 7. The zero-order valence-corrected chi connectivity index (χ0v) is 19.0. The van der Waals surface area contributed by atoms with Crippen LogP contribution in [0.5, 0.6) is 5.75 Å². The van der Waals surface area contributed by atoms with Gasteiger partial charge in [0.15, 0.2) is 0 Å². The number of morpholine rings is 1. The first-order valence-corrected chi connectivity index (χ1v) is 12.6. The maximum absolute atomic E-state index is 13.4. The third-order valence-corrected chi connectivity index (χ3v) is 8.66. The van der Waals surface area contributed by atoms with Gasteiger partial charge in [0.05, 0.1) is 13.2 Å². The summed E-state index contributed by atoms with van der Waals surface area (Å²) in [6.07, 6.45) is 1.54. The zero-order valence-electron chi connectivity index (χ0n) is 18.2. The minimum Gasteiger partial charge on any atom is -0.492 e. The van der Waals surface area contributed by atoms with E-state index in [4.69, 9.17) is 9.47 Å². The molecule has 2 aliphatic heterocycles. The van der Waals surface area contributed by atoms with Crippen molar-refractivity contribution in [3.8, 4) is 5.75 Å². The molecule has 2 aromatic rings. The average molecular weight is 445 g/mol. The Kier molecular flexibility index (Phi) is 7.27. The summed E-state index contributed by atoms with van der Waals surface area (Å²) in [5.74, 6) is 0.813. The maximum Gasteiger partial charge on any atom is 0.221 e. The Labute approximate surface area is 185 Å². The molecule has 0 aliphatic carbocycles. The normalized spacial score (nSPS) is 23.3.